The smallest absolute Gasteiger partial charge is 0.378 e. The zero-order valence-electron chi connectivity index (χ0n) is 11.6. The first-order valence-electron chi connectivity index (χ1n) is 6.17. The molecule has 0 atom stereocenters. The van der Waals surface area contributed by atoms with E-state index in [1.165, 1.54) is 7.11 Å². The number of hydrogen-bond acceptors (Lipinski definition) is 5. The molecule has 0 saturated carbocycles. The molecule has 0 amide bonds. The third-order valence-electron chi connectivity index (χ3n) is 3.02. The first-order chi connectivity index (χ1) is 10.1. The van der Waals surface area contributed by atoms with Gasteiger partial charge in [-0.05, 0) is 16.8 Å². The highest BCUT2D eigenvalue weighted by molar-refractivity contribution is 6.39. The normalized spacial score (nSPS) is 11.2. The number of ketones is 1. The SMILES string of the molecule is COC(=O)C(=O)/C=C(\O)c1c(OC)ccc2ccccc12. The van der Waals surface area contributed by atoms with Gasteiger partial charge in [0.25, 0.3) is 5.78 Å². The fourth-order valence-corrected chi connectivity index (χ4v) is 2.04. The van der Waals surface area contributed by atoms with E-state index in [1.54, 1.807) is 18.2 Å². The van der Waals surface area contributed by atoms with Crippen molar-refractivity contribution in [1.82, 2.24) is 0 Å². The molecule has 5 nitrogen and oxygen atoms in total. The molecule has 2 rings (SSSR count). The van der Waals surface area contributed by atoms with Crippen LogP contribution in [0.15, 0.2) is 42.5 Å². The van der Waals surface area contributed by atoms with Gasteiger partial charge in [0.1, 0.15) is 11.5 Å². The number of aliphatic hydroxyl groups is 1. The minimum atomic E-state index is -1.04. The van der Waals surface area contributed by atoms with Gasteiger partial charge in [0.15, 0.2) is 0 Å². The van der Waals surface area contributed by atoms with Crippen LogP contribution >= 0.6 is 0 Å². The summed E-state index contributed by atoms with van der Waals surface area (Å²) < 4.78 is 9.53. The van der Waals surface area contributed by atoms with E-state index in [0.29, 0.717) is 16.7 Å². The predicted molar refractivity (Wildman–Crippen MR) is 78.1 cm³/mol. The second kappa shape index (κ2) is 6.09. The number of fused-ring (bicyclic) bond motifs is 1. The predicted octanol–water partition coefficient (Wildman–Crippen LogP) is 2.49. The van der Waals surface area contributed by atoms with Crippen molar-refractivity contribution in [2.75, 3.05) is 14.2 Å². The minimum absolute atomic E-state index is 0.348. The first-order valence-corrected chi connectivity index (χ1v) is 6.17. The second-order valence-electron chi connectivity index (χ2n) is 4.25. The molecule has 0 saturated heterocycles. The van der Waals surface area contributed by atoms with Crippen LogP contribution in [0.3, 0.4) is 0 Å². The molecule has 0 unspecified atom stereocenters. The van der Waals surface area contributed by atoms with Crippen molar-refractivity contribution >= 4 is 28.3 Å². The van der Waals surface area contributed by atoms with Crippen molar-refractivity contribution in [2.24, 2.45) is 0 Å². The number of methoxy groups -OCH3 is 2. The summed E-state index contributed by atoms with van der Waals surface area (Å²) >= 11 is 0. The summed E-state index contributed by atoms with van der Waals surface area (Å²) in [6.07, 6.45) is 0.829. The van der Waals surface area contributed by atoms with Crippen LogP contribution in [0.4, 0.5) is 0 Å². The molecule has 0 aliphatic heterocycles. The van der Waals surface area contributed by atoms with E-state index in [4.69, 9.17) is 4.74 Å². The maximum absolute atomic E-state index is 11.5. The average molecular weight is 286 g/mol. The van der Waals surface area contributed by atoms with E-state index in [2.05, 4.69) is 4.74 Å². The van der Waals surface area contributed by atoms with Crippen molar-refractivity contribution in [1.29, 1.82) is 0 Å². The van der Waals surface area contributed by atoms with Gasteiger partial charge in [-0.15, -0.1) is 0 Å². The topological polar surface area (TPSA) is 72.8 Å². The molecule has 108 valence electrons. The van der Waals surface area contributed by atoms with E-state index in [1.807, 2.05) is 18.2 Å². The maximum Gasteiger partial charge on any atom is 0.378 e. The second-order valence-corrected chi connectivity index (χ2v) is 4.25. The van der Waals surface area contributed by atoms with Crippen molar-refractivity contribution in [3.8, 4) is 5.75 Å². The Kier molecular flexibility index (Phi) is 4.23. The quantitative estimate of drug-likeness (QED) is 0.404. The van der Waals surface area contributed by atoms with Gasteiger partial charge in [-0.3, -0.25) is 4.79 Å². The number of rotatable bonds is 4. The standard InChI is InChI=1S/C16H14O5/c1-20-14-8-7-10-5-3-4-6-11(10)15(14)12(17)9-13(18)16(19)21-2/h3-9,17H,1-2H3/b12-9-. The first kappa shape index (κ1) is 14.6. The average Bonchev–Trinajstić information content (AvgIpc) is 2.52. The van der Waals surface area contributed by atoms with Gasteiger partial charge in [0, 0.05) is 6.08 Å². The number of esters is 1. The maximum atomic E-state index is 11.5. The highest BCUT2D eigenvalue weighted by Gasteiger charge is 2.17. The Bertz CT molecular complexity index is 731. The van der Waals surface area contributed by atoms with Crippen LogP contribution < -0.4 is 4.74 Å². The molecule has 1 N–H and O–H groups in total. The molecule has 2 aromatic rings. The third kappa shape index (κ3) is 2.86. The summed E-state index contributed by atoms with van der Waals surface area (Å²) in [6, 6.07) is 10.9. The summed E-state index contributed by atoms with van der Waals surface area (Å²) in [5, 5.41) is 11.8. The zero-order chi connectivity index (χ0) is 15.4. The van der Waals surface area contributed by atoms with Gasteiger partial charge in [0.05, 0.1) is 19.8 Å². The van der Waals surface area contributed by atoms with E-state index < -0.39 is 11.8 Å². The van der Waals surface area contributed by atoms with Crippen LogP contribution in [0.1, 0.15) is 5.56 Å². The largest absolute Gasteiger partial charge is 0.507 e. The molecule has 0 bridgehead atoms. The van der Waals surface area contributed by atoms with Crippen LogP contribution in [0, 0.1) is 0 Å². The Balaban J connectivity index is 2.61. The number of benzene rings is 2. The summed E-state index contributed by atoms with van der Waals surface area (Å²) in [5.41, 5.74) is 0.354. The van der Waals surface area contributed by atoms with Gasteiger partial charge < -0.3 is 14.6 Å². The monoisotopic (exact) mass is 286 g/mol. The zero-order valence-corrected chi connectivity index (χ0v) is 11.6. The Morgan fingerprint density at radius 3 is 2.48 bits per heavy atom. The number of carbonyl (C=O) groups excluding carboxylic acids is 2. The van der Waals surface area contributed by atoms with Gasteiger partial charge in [-0.2, -0.15) is 0 Å². The number of carbonyl (C=O) groups is 2. The summed E-state index contributed by atoms with van der Waals surface area (Å²) in [7, 11) is 2.56. The van der Waals surface area contributed by atoms with Crippen LogP contribution in [0.2, 0.25) is 0 Å². The van der Waals surface area contributed by atoms with Gasteiger partial charge in [-0.1, -0.05) is 30.3 Å². The van der Waals surface area contributed by atoms with Crippen molar-refractivity contribution in [2.45, 2.75) is 0 Å². The third-order valence-corrected chi connectivity index (χ3v) is 3.02. The van der Waals surface area contributed by atoms with Gasteiger partial charge in [-0.25, -0.2) is 4.79 Å². The van der Waals surface area contributed by atoms with Crippen molar-refractivity contribution in [3.63, 3.8) is 0 Å². The molecule has 0 aliphatic carbocycles. The highest BCUT2D eigenvalue weighted by atomic mass is 16.5. The summed E-state index contributed by atoms with van der Waals surface area (Å²) in [4.78, 5) is 22.7. The molecule has 0 aromatic heterocycles. The lowest BCUT2D eigenvalue weighted by atomic mass is 10.0. The summed E-state index contributed by atoms with van der Waals surface area (Å²) in [5.74, 6) is -1.93. The lowest BCUT2D eigenvalue weighted by Gasteiger charge is -2.11. The van der Waals surface area contributed by atoms with E-state index in [9.17, 15) is 14.7 Å². The molecular formula is C16H14O5. The van der Waals surface area contributed by atoms with E-state index in [0.717, 1.165) is 18.6 Å². The Labute approximate surface area is 121 Å². The molecule has 0 aliphatic rings. The molecule has 21 heavy (non-hydrogen) atoms. The minimum Gasteiger partial charge on any atom is -0.507 e. The number of ether oxygens (including phenoxy) is 2. The van der Waals surface area contributed by atoms with Gasteiger partial charge in [0.2, 0.25) is 0 Å². The summed E-state index contributed by atoms with van der Waals surface area (Å²) in [6.45, 7) is 0. The van der Waals surface area contributed by atoms with Crippen LogP contribution in [-0.2, 0) is 14.3 Å². The fraction of sp³-hybridized carbons (Fsp3) is 0.125. The molecular weight excluding hydrogens is 272 g/mol. The molecule has 5 heteroatoms. The van der Waals surface area contributed by atoms with E-state index in [-0.39, 0.29) is 5.76 Å². The molecule has 0 radical (unpaired) electrons. The van der Waals surface area contributed by atoms with E-state index >= 15 is 0 Å². The highest BCUT2D eigenvalue weighted by Crippen LogP contribution is 2.32. The van der Waals surface area contributed by atoms with Crippen molar-refractivity contribution in [3.05, 3.63) is 48.0 Å². The lowest BCUT2D eigenvalue weighted by Crippen LogP contribution is -2.13. The molecule has 0 fully saturated rings. The van der Waals surface area contributed by atoms with Gasteiger partial charge >= 0.3 is 5.97 Å². The molecule has 0 heterocycles. The lowest BCUT2D eigenvalue weighted by molar-refractivity contribution is -0.149. The molecule has 2 aromatic carbocycles. The Morgan fingerprint density at radius 1 is 1.10 bits per heavy atom. The fourth-order valence-electron chi connectivity index (χ4n) is 2.04. The van der Waals surface area contributed by atoms with Crippen LogP contribution in [0.25, 0.3) is 16.5 Å². The number of aliphatic hydroxyl groups excluding tert-OH is 1. The number of hydrogen-bond donors (Lipinski definition) is 1. The molecule has 0 spiro atoms. The Morgan fingerprint density at radius 2 is 1.81 bits per heavy atom. The van der Waals surface area contributed by atoms with Crippen LogP contribution in [0.5, 0.6) is 5.75 Å². The van der Waals surface area contributed by atoms with Crippen molar-refractivity contribution < 1.29 is 24.2 Å². The van der Waals surface area contributed by atoms with Crippen LogP contribution in [-0.4, -0.2) is 31.1 Å². The Hall–Kier alpha value is -2.82.